The molecule has 0 aliphatic heterocycles. The van der Waals surface area contributed by atoms with E-state index in [1.165, 1.54) is 14.0 Å². The van der Waals surface area contributed by atoms with Gasteiger partial charge >= 0.3 is 0 Å². The number of phenolic OH excluding ortho intramolecular Hbond substituents is 1. The van der Waals surface area contributed by atoms with Crippen LogP contribution in [0.2, 0.25) is 0 Å². The van der Waals surface area contributed by atoms with Gasteiger partial charge in [0.25, 0.3) is 0 Å². The van der Waals surface area contributed by atoms with E-state index >= 15 is 0 Å². The number of hydrogen-bond donors (Lipinski definition) is 2. The SMILES string of the molecule is COc1cc(F)c(F)c(C(C)CO)c1O. The molecule has 0 bridgehead atoms. The lowest BCUT2D eigenvalue weighted by Crippen LogP contribution is -2.05. The molecule has 0 aromatic heterocycles. The van der Waals surface area contributed by atoms with Crippen LogP contribution in [0.15, 0.2) is 6.07 Å². The highest BCUT2D eigenvalue weighted by Gasteiger charge is 2.22. The van der Waals surface area contributed by atoms with Crippen LogP contribution in [0.4, 0.5) is 8.78 Å². The van der Waals surface area contributed by atoms with Crippen LogP contribution in [0.3, 0.4) is 0 Å². The van der Waals surface area contributed by atoms with Gasteiger partial charge in [-0.2, -0.15) is 0 Å². The van der Waals surface area contributed by atoms with Gasteiger partial charge in [-0.05, 0) is 0 Å². The first-order valence-electron chi connectivity index (χ1n) is 4.38. The van der Waals surface area contributed by atoms with Crippen molar-refractivity contribution in [3.8, 4) is 11.5 Å². The Morgan fingerprint density at radius 2 is 2.07 bits per heavy atom. The van der Waals surface area contributed by atoms with Gasteiger partial charge in [0.05, 0.1) is 7.11 Å². The van der Waals surface area contributed by atoms with Crippen molar-refractivity contribution >= 4 is 0 Å². The summed E-state index contributed by atoms with van der Waals surface area (Å²) in [6.07, 6.45) is 0. The molecule has 5 heteroatoms. The summed E-state index contributed by atoms with van der Waals surface area (Å²) in [5, 5.41) is 18.4. The minimum atomic E-state index is -1.16. The Labute approximate surface area is 85.9 Å². The van der Waals surface area contributed by atoms with E-state index in [1.54, 1.807) is 0 Å². The lowest BCUT2D eigenvalue weighted by atomic mass is 9.99. The van der Waals surface area contributed by atoms with Gasteiger partial charge < -0.3 is 14.9 Å². The highest BCUT2D eigenvalue weighted by Crippen LogP contribution is 2.37. The Bertz CT molecular complexity index is 366. The van der Waals surface area contributed by atoms with Gasteiger partial charge in [0.2, 0.25) is 0 Å². The lowest BCUT2D eigenvalue weighted by molar-refractivity contribution is 0.264. The van der Waals surface area contributed by atoms with Crippen molar-refractivity contribution in [2.45, 2.75) is 12.8 Å². The van der Waals surface area contributed by atoms with E-state index in [0.717, 1.165) is 6.07 Å². The average molecular weight is 218 g/mol. The summed E-state index contributed by atoms with van der Waals surface area (Å²) < 4.78 is 31.0. The maximum absolute atomic E-state index is 13.3. The third-order valence-corrected chi connectivity index (χ3v) is 2.18. The summed E-state index contributed by atoms with van der Waals surface area (Å²) >= 11 is 0. The van der Waals surface area contributed by atoms with Crippen LogP contribution in [0.5, 0.6) is 11.5 Å². The van der Waals surface area contributed by atoms with E-state index in [0.29, 0.717) is 0 Å². The third-order valence-electron chi connectivity index (χ3n) is 2.18. The van der Waals surface area contributed by atoms with Crippen LogP contribution in [0, 0.1) is 11.6 Å². The Morgan fingerprint density at radius 3 is 2.53 bits per heavy atom. The number of aromatic hydroxyl groups is 1. The van der Waals surface area contributed by atoms with Crippen LogP contribution in [0.1, 0.15) is 18.4 Å². The summed E-state index contributed by atoms with van der Waals surface area (Å²) in [7, 11) is 1.24. The Morgan fingerprint density at radius 1 is 1.47 bits per heavy atom. The molecule has 0 aliphatic carbocycles. The number of ether oxygens (including phenoxy) is 1. The van der Waals surface area contributed by atoms with Gasteiger partial charge in [0, 0.05) is 24.2 Å². The number of hydrogen-bond acceptors (Lipinski definition) is 3. The summed E-state index contributed by atoms with van der Waals surface area (Å²) in [5.74, 6) is -3.59. The average Bonchev–Trinajstić information content (AvgIpc) is 2.23. The molecule has 2 N–H and O–H groups in total. The molecular weight excluding hydrogens is 206 g/mol. The summed E-state index contributed by atoms with van der Waals surface area (Å²) in [6.45, 7) is 1.08. The quantitative estimate of drug-likeness (QED) is 0.812. The smallest absolute Gasteiger partial charge is 0.166 e. The van der Waals surface area contributed by atoms with Gasteiger partial charge in [0.15, 0.2) is 23.1 Å². The Kier molecular flexibility index (Phi) is 3.47. The molecule has 0 heterocycles. The van der Waals surface area contributed by atoms with Crippen LogP contribution >= 0.6 is 0 Å². The number of benzene rings is 1. The first-order valence-corrected chi connectivity index (χ1v) is 4.38. The van der Waals surface area contributed by atoms with Crippen molar-refractivity contribution < 1.29 is 23.7 Å². The molecule has 84 valence electrons. The van der Waals surface area contributed by atoms with Crippen LogP contribution in [-0.2, 0) is 0 Å². The second-order valence-electron chi connectivity index (χ2n) is 3.22. The molecule has 0 spiro atoms. The second-order valence-corrected chi connectivity index (χ2v) is 3.22. The molecular formula is C10H12F2O3. The minimum Gasteiger partial charge on any atom is -0.504 e. The van der Waals surface area contributed by atoms with E-state index in [4.69, 9.17) is 5.11 Å². The summed E-state index contributed by atoms with van der Waals surface area (Å²) in [4.78, 5) is 0. The van der Waals surface area contributed by atoms with Crippen LogP contribution in [0.25, 0.3) is 0 Å². The molecule has 0 aliphatic rings. The van der Waals surface area contributed by atoms with Crippen LogP contribution in [-0.4, -0.2) is 23.9 Å². The van der Waals surface area contributed by atoms with Crippen LogP contribution < -0.4 is 4.74 Å². The van der Waals surface area contributed by atoms with Gasteiger partial charge in [-0.25, -0.2) is 8.78 Å². The Hall–Kier alpha value is -1.36. The fraction of sp³-hybridized carbons (Fsp3) is 0.400. The highest BCUT2D eigenvalue weighted by molar-refractivity contribution is 5.48. The number of halogens is 2. The van der Waals surface area contributed by atoms with Gasteiger partial charge in [-0.15, -0.1) is 0 Å². The minimum absolute atomic E-state index is 0.149. The predicted octanol–water partition coefficient (Wildman–Crippen LogP) is 1.77. The monoisotopic (exact) mass is 218 g/mol. The van der Waals surface area contributed by atoms with Crippen molar-refractivity contribution in [2.75, 3.05) is 13.7 Å². The number of methoxy groups -OCH3 is 1. The number of phenols is 1. The summed E-state index contributed by atoms with van der Waals surface area (Å²) in [5.41, 5.74) is -0.269. The fourth-order valence-corrected chi connectivity index (χ4v) is 1.31. The molecule has 0 fully saturated rings. The third kappa shape index (κ3) is 2.02. The van der Waals surface area contributed by atoms with Gasteiger partial charge in [0.1, 0.15) is 0 Å². The van der Waals surface area contributed by atoms with Gasteiger partial charge in [-0.3, -0.25) is 0 Å². The first kappa shape index (κ1) is 11.7. The highest BCUT2D eigenvalue weighted by atomic mass is 19.2. The van der Waals surface area contributed by atoms with Crippen molar-refractivity contribution in [3.63, 3.8) is 0 Å². The molecule has 1 aromatic carbocycles. The standard InChI is InChI=1S/C10H12F2O3/c1-5(4-13)8-9(12)6(11)3-7(15-2)10(8)14/h3,5,13-14H,4H2,1-2H3. The number of rotatable bonds is 3. The summed E-state index contributed by atoms with van der Waals surface area (Å²) in [6, 6.07) is 0.762. The molecule has 1 atom stereocenters. The Balaban J connectivity index is 3.40. The second kappa shape index (κ2) is 4.44. The maximum Gasteiger partial charge on any atom is 0.166 e. The maximum atomic E-state index is 13.3. The van der Waals surface area contributed by atoms with E-state index in [-0.39, 0.29) is 11.3 Å². The fourth-order valence-electron chi connectivity index (χ4n) is 1.31. The largest absolute Gasteiger partial charge is 0.504 e. The van der Waals surface area contributed by atoms with Crippen molar-refractivity contribution in [2.24, 2.45) is 0 Å². The normalized spacial score (nSPS) is 12.6. The van der Waals surface area contributed by atoms with E-state index in [1.807, 2.05) is 0 Å². The zero-order valence-corrected chi connectivity index (χ0v) is 8.42. The lowest BCUT2D eigenvalue weighted by Gasteiger charge is -2.14. The van der Waals surface area contributed by atoms with E-state index in [9.17, 15) is 13.9 Å². The van der Waals surface area contributed by atoms with Gasteiger partial charge in [-0.1, -0.05) is 6.92 Å². The first-order chi connectivity index (χ1) is 7.02. The zero-order valence-electron chi connectivity index (χ0n) is 8.42. The van der Waals surface area contributed by atoms with Crippen molar-refractivity contribution in [1.82, 2.24) is 0 Å². The topological polar surface area (TPSA) is 49.7 Å². The van der Waals surface area contributed by atoms with E-state index < -0.39 is 29.9 Å². The molecule has 0 saturated carbocycles. The molecule has 1 aromatic rings. The number of aliphatic hydroxyl groups is 1. The molecule has 1 unspecified atom stereocenters. The molecule has 15 heavy (non-hydrogen) atoms. The number of aliphatic hydroxyl groups excluding tert-OH is 1. The predicted molar refractivity (Wildman–Crippen MR) is 50.1 cm³/mol. The molecule has 0 amide bonds. The molecule has 1 rings (SSSR count). The molecule has 0 radical (unpaired) electrons. The molecule has 3 nitrogen and oxygen atoms in total. The van der Waals surface area contributed by atoms with Crippen molar-refractivity contribution in [3.05, 3.63) is 23.3 Å². The zero-order chi connectivity index (χ0) is 11.6. The molecule has 0 saturated heterocycles. The van der Waals surface area contributed by atoms with E-state index in [2.05, 4.69) is 4.74 Å². The van der Waals surface area contributed by atoms with Crippen molar-refractivity contribution in [1.29, 1.82) is 0 Å².